The number of benzene rings is 2. The summed E-state index contributed by atoms with van der Waals surface area (Å²) in [6, 6.07) is 15.1. The molecule has 0 fully saturated rings. The smallest absolute Gasteiger partial charge is 0.119 e. The molecule has 0 N–H and O–H groups in total. The first-order valence-corrected chi connectivity index (χ1v) is 7.25. The molecule has 0 aliphatic heterocycles. The Kier molecular flexibility index (Phi) is 3.42. The highest BCUT2D eigenvalue weighted by molar-refractivity contribution is 6.01. The van der Waals surface area contributed by atoms with E-state index < -0.39 is 0 Å². The quantitative estimate of drug-likeness (QED) is 0.728. The third-order valence-corrected chi connectivity index (χ3v) is 4.00. The number of fused-ring (bicyclic) bond motifs is 1. The SMILES string of the molecule is COc1ccc2c(c1)C(=C(C)C)C=C2c1ccc(C)cc1. The molecule has 2 aromatic carbocycles. The molecule has 21 heavy (non-hydrogen) atoms. The zero-order chi connectivity index (χ0) is 15.0. The van der Waals surface area contributed by atoms with Crippen molar-refractivity contribution >= 4 is 11.1 Å². The average molecular weight is 276 g/mol. The Morgan fingerprint density at radius 1 is 0.905 bits per heavy atom. The Balaban J connectivity index is 2.19. The topological polar surface area (TPSA) is 9.23 Å². The summed E-state index contributed by atoms with van der Waals surface area (Å²) in [5, 5.41) is 0. The monoisotopic (exact) mass is 276 g/mol. The van der Waals surface area contributed by atoms with Crippen molar-refractivity contribution in [3.8, 4) is 5.75 Å². The van der Waals surface area contributed by atoms with Crippen molar-refractivity contribution in [2.24, 2.45) is 0 Å². The molecule has 106 valence electrons. The van der Waals surface area contributed by atoms with Gasteiger partial charge in [0.1, 0.15) is 5.75 Å². The molecule has 2 aromatic rings. The molecule has 0 amide bonds. The predicted molar refractivity (Wildman–Crippen MR) is 89.5 cm³/mol. The van der Waals surface area contributed by atoms with Gasteiger partial charge < -0.3 is 4.74 Å². The van der Waals surface area contributed by atoms with Crippen molar-refractivity contribution in [3.05, 3.63) is 76.4 Å². The predicted octanol–water partition coefficient (Wildman–Crippen LogP) is 5.24. The second-order valence-electron chi connectivity index (χ2n) is 5.75. The molecule has 0 saturated carbocycles. The van der Waals surface area contributed by atoms with Crippen LogP contribution in [0.25, 0.3) is 11.1 Å². The molecule has 0 spiro atoms. The molecule has 1 aliphatic rings. The van der Waals surface area contributed by atoms with Crippen LogP contribution in [0.1, 0.15) is 36.1 Å². The van der Waals surface area contributed by atoms with Crippen molar-refractivity contribution in [1.82, 2.24) is 0 Å². The molecule has 1 nitrogen and oxygen atoms in total. The second kappa shape index (κ2) is 5.25. The molecule has 0 saturated heterocycles. The van der Waals surface area contributed by atoms with Crippen LogP contribution in [0.4, 0.5) is 0 Å². The summed E-state index contributed by atoms with van der Waals surface area (Å²) in [7, 11) is 1.72. The van der Waals surface area contributed by atoms with Gasteiger partial charge in [-0.05, 0) is 66.8 Å². The third kappa shape index (κ3) is 2.40. The highest BCUT2D eigenvalue weighted by atomic mass is 16.5. The molecule has 0 unspecified atom stereocenters. The molecular formula is C20H20O. The fourth-order valence-corrected chi connectivity index (χ4v) is 2.79. The van der Waals surface area contributed by atoms with Gasteiger partial charge in [0.15, 0.2) is 0 Å². The van der Waals surface area contributed by atoms with Crippen LogP contribution in [0.15, 0.2) is 54.1 Å². The first-order chi connectivity index (χ1) is 10.1. The highest BCUT2D eigenvalue weighted by Gasteiger charge is 2.20. The van der Waals surface area contributed by atoms with Crippen LogP contribution in [0.3, 0.4) is 0 Å². The van der Waals surface area contributed by atoms with Gasteiger partial charge in [-0.3, -0.25) is 0 Å². The van der Waals surface area contributed by atoms with Crippen LogP contribution in [-0.2, 0) is 0 Å². The van der Waals surface area contributed by atoms with Gasteiger partial charge in [-0.15, -0.1) is 0 Å². The van der Waals surface area contributed by atoms with Crippen LogP contribution in [0.5, 0.6) is 5.75 Å². The summed E-state index contributed by atoms with van der Waals surface area (Å²) in [6.45, 7) is 6.44. The summed E-state index contributed by atoms with van der Waals surface area (Å²) >= 11 is 0. The molecule has 0 atom stereocenters. The summed E-state index contributed by atoms with van der Waals surface area (Å²) in [4.78, 5) is 0. The first-order valence-electron chi connectivity index (χ1n) is 7.25. The zero-order valence-electron chi connectivity index (χ0n) is 13.0. The molecule has 0 aromatic heterocycles. The molecule has 0 radical (unpaired) electrons. The number of ether oxygens (including phenoxy) is 1. The largest absolute Gasteiger partial charge is 0.497 e. The fraction of sp³-hybridized carbons (Fsp3) is 0.200. The Morgan fingerprint density at radius 3 is 2.24 bits per heavy atom. The van der Waals surface area contributed by atoms with Crippen LogP contribution >= 0.6 is 0 Å². The minimum absolute atomic E-state index is 0.908. The lowest BCUT2D eigenvalue weighted by atomic mass is 9.97. The van der Waals surface area contributed by atoms with Crippen molar-refractivity contribution in [2.75, 3.05) is 7.11 Å². The van der Waals surface area contributed by atoms with E-state index in [1.54, 1.807) is 7.11 Å². The van der Waals surface area contributed by atoms with E-state index in [1.807, 2.05) is 6.07 Å². The normalized spacial score (nSPS) is 13.0. The molecule has 1 aliphatic carbocycles. The van der Waals surface area contributed by atoms with Crippen LogP contribution < -0.4 is 4.74 Å². The van der Waals surface area contributed by atoms with Crippen molar-refractivity contribution < 1.29 is 4.74 Å². The lowest BCUT2D eigenvalue weighted by Gasteiger charge is -2.09. The average Bonchev–Trinajstić information content (AvgIpc) is 2.87. The Hall–Kier alpha value is -2.28. The Morgan fingerprint density at radius 2 is 1.62 bits per heavy atom. The van der Waals surface area contributed by atoms with E-state index in [4.69, 9.17) is 4.74 Å². The van der Waals surface area contributed by atoms with E-state index in [1.165, 1.54) is 39.0 Å². The molecule has 3 rings (SSSR count). The number of allylic oxidation sites excluding steroid dienone is 3. The molecule has 1 heteroatoms. The van der Waals surface area contributed by atoms with E-state index >= 15 is 0 Å². The van der Waals surface area contributed by atoms with Crippen molar-refractivity contribution in [2.45, 2.75) is 20.8 Å². The number of methoxy groups -OCH3 is 1. The zero-order valence-corrected chi connectivity index (χ0v) is 13.0. The minimum atomic E-state index is 0.908. The van der Waals surface area contributed by atoms with Gasteiger partial charge in [0.05, 0.1) is 7.11 Å². The highest BCUT2D eigenvalue weighted by Crippen LogP contribution is 2.41. The van der Waals surface area contributed by atoms with E-state index in [2.05, 4.69) is 63.2 Å². The van der Waals surface area contributed by atoms with Gasteiger partial charge in [0.25, 0.3) is 0 Å². The number of aryl methyl sites for hydroxylation is 1. The molecule has 0 heterocycles. The van der Waals surface area contributed by atoms with E-state index in [0.717, 1.165) is 5.75 Å². The lowest BCUT2D eigenvalue weighted by Crippen LogP contribution is -1.90. The summed E-state index contributed by atoms with van der Waals surface area (Å²) in [5.41, 5.74) is 9.04. The van der Waals surface area contributed by atoms with Crippen LogP contribution in [0.2, 0.25) is 0 Å². The van der Waals surface area contributed by atoms with Gasteiger partial charge in [-0.2, -0.15) is 0 Å². The van der Waals surface area contributed by atoms with Gasteiger partial charge in [0, 0.05) is 0 Å². The lowest BCUT2D eigenvalue weighted by molar-refractivity contribution is 0.414. The summed E-state index contributed by atoms with van der Waals surface area (Å²) < 4.78 is 5.38. The maximum atomic E-state index is 5.38. The van der Waals surface area contributed by atoms with Crippen LogP contribution in [0, 0.1) is 6.92 Å². The number of hydrogen-bond donors (Lipinski definition) is 0. The number of hydrogen-bond acceptors (Lipinski definition) is 1. The van der Waals surface area contributed by atoms with Gasteiger partial charge in [0.2, 0.25) is 0 Å². The summed E-state index contributed by atoms with van der Waals surface area (Å²) in [5.74, 6) is 0.908. The minimum Gasteiger partial charge on any atom is -0.497 e. The van der Waals surface area contributed by atoms with Gasteiger partial charge >= 0.3 is 0 Å². The standard InChI is InChI=1S/C20H20O/c1-13(2)18-12-19(15-7-5-14(3)6-8-15)17-10-9-16(21-4)11-20(17)18/h5-12H,1-4H3. The molecule has 0 bridgehead atoms. The first kappa shape index (κ1) is 13.7. The van der Waals surface area contributed by atoms with Crippen molar-refractivity contribution in [1.29, 1.82) is 0 Å². The van der Waals surface area contributed by atoms with E-state index in [0.29, 0.717) is 0 Å². The Bertz CT molecular complexity index is 742. The Labute approximate surface area is 126 Å². The third-order valence-electron chi connectivity index (χ3n) is 4.00. The van der Waals surface area contributed by atoms with Gasteiger partial charge in [-0.1, -0.05) is 41.5 Å². The van der Waals surface area contributed by atoms with E-state index in [-0.39, 0.29) is 0 Å². The summed E-state index contributed by atoms with van der Waals surface area (Å²) in [6.07, 6.45) is 2.30. The van der Waals surface area contributed by atoms with Crippen molar-refractivity contribution in [3.63, 3.8) is 0 Å². The van der Waals surface area contributed by atoms with Gasteiger partial charge in [-0.25, -0.2) is 0 Å². The maximum Gasteiger partial charge on any atom is 0.119 e. The fourth-order valence-electron chi connectivity index (χ4n) is 2.79. The number of rotatable bonds is 2. The maximum absolute atomic E-state index is 5.38. The second-order valence-corrected chi connectivity index (χ2v) is 5.75. The molecular weight excluding hydrogens is 256 g/mol. The van der Waals surface area contributed by atoms with Crippen LogP contribution in [-0.4, -0.2) is 7.11 Å². The van der Waals surface area contributed by atoms with E-state index in [9.17, 15) is 0 Å².